The molecule has 0 saturated carbocycles. The van der Waals surface area contributed by atoms with Crippen LogP contribution < -0.4 is 0 Å². The van der Waals surface area contributed by atoms with E-state index in [9.17, 15) is 10.1 Å². The first-order valence-electron chi connectivity index (χ1n) is 7.86. The molecule has 0 unspecified atom stereocenters. The maximum atomic E-state index is 10.8. The van der Waals surface area contributed by atoms with Gasteiger partial charge in [-0.2, -0.15) is 0 Å². The van der Waals surface area contributed by atoms with Crippen LogP contribution in [0, 0.1) is 10.1 Å². The number of non-ortho nitro benzene ring substituents is 1. The summed E-state index contributed by atoms with van der Waals surface area (Å²) in [5.41, 5.74) is 1.59. The summed E-state index contributed by atoms with van der Waals surface area (Å²) in [6.07, 6.45) is 1.74. The molecule has 0 saturated heterocycles. The lowest BCUT2D eigenvalue weighted by atomic mass is 10.2. The van der Waals surface area contributed by atoms with Gasteiger partial charge in [0.25, 0.3) is 5.69 Å². The summed E-state index contributed by atoms with van der Waals surface area (Å²) in [7, 11) is 0. The largest absolute Gasteiger partial charge is 0.298 e. The Balaban J connectivity index is 1.89. The molecule has 9 heteroatoms. The monoisotopic (exact) mass is 420 g/mol. The minimum atomic E-state index is -0.438. The van der Waals surface area contributed by atoms with E-state index in [1.165, 1.54) is 23.9 Å². The van der Waals surface area contributed by atoms with Crippen molar-refractivity contribution in [2.45, 2.75) is 17.5 Å². The number of hydrogen-bond acceptors (Lipinski definition) is 5. The van der Waals surface area contributed by atoms with Crippen LogP contribution in [0.2, 0.25) is 10.0 Å². The van der Waals surface area contributed by atoms with Crippen LogP contribution in [-0.2, 0) is 12.3 Å². The molecule has 0 fully saturated rings. The molecule has 27 heavy (non-hydrogen) atoms. The average Bonchev–Trinajstić information content (AvgIpc) is 3.04. The molecule has 0 N–H and O–H groups in total. The van der Waals surface area contributed by atoms with Gasteiger partial charge in [0, 0.05) is 40.0 Å². The van der Waals surface area contributed by atoms with Crippen molar-refractivity contribution in [1.29, 1.82) is 0 Å². The van der Waals surface area contributed by atoms with E-state index < -0.39 is 4.92 Å². The molecule has 6 nitrogen and oxygen atoms in total. The van der Waals surface area contributed by atoms with Crippen molar-refractivity contribution in [1.82, 2.24) is 14.8 Å². The number of halogens is 2. The Labute approximate surface area is 170 Å². The first-order valence-corrected chi connectivity index (χ1v) is 9.60. The van der Waals surface area contributed by atoms with Crippen LogP contribution in [0.1, 0.15) is 5.56 Å². The van der Waals surface area contributed by atoms with Crippen LogP contribution in [0.3, 0.4) is 0 Å². The predicted octanol–water partition coefficient (Wildman–Crippen LogP) is 5.64. The molecular weight excluding hydrogens is 407 g/mol. The molecule has 0 aliphatic carbocycles. The number of nitro benzene ring substituents is 1. The van der Waals surface area contributed by atoms with E-state index in [2.05, 4.69) is 16.8 Å². The third-order valence-corrected chi connectivity index (χ3v) is 5.47. The molecule has 2 aromatic carbocycles. The quantitative estimate of drug-likeness (QED) is 0.214. The second kappa shape index (κ2) is 8.56. The lowest BCUT2D eigenvalue weighted by molar-refractivity contribution is -0.384. The Bertz CT molecular complexity index is 969. The highest BCUT2D eigenvalue weighted by atomic mass is 35.5. The maximum absolute atomic E-state index is 10.8. The van der Waals surface area contributed by atoms with E-state index in [4.69, 9.17) is 23.2 Å². The Morgan fingerprint density at radius 3 is 2.41 bits per heavy atom. The molecule has 0 atom stereocenters. The van der Waals surface area contributed by atoms with E-state index in [0.29, 0.717) is 33.3 Å². The second-order valence-corrected chi connectivity index (χ2v) is 7.26. The molecule has 3 rings (SSSR count). The number of hydrogen-bond donors (Lipinski definition) is 0. The summed E-state index contributed by atoms with van der Waals surface area (Å²) in [4.78, 5) is 10.4. The van der Waals surface area contributed by atoms with Crippen LogP contribution >= 0.6 is 35.0 Å². The highest BCUT2D eigenvalue weighted by Crippen LogP contribution is 2.32. The number of benzene rings is 2. The number of allylic oxidation sites excluding steroid dienone is 1. The Hall–Kier alpha value is -2.35. The molecule has 0 aliphatic rings. The molecular formula is C18H14Cl2N4O2S. The summed E-state index contributed by atoms with van der Waals surface area (Å²) < 4.78 is 1.89. The van der Waals surface area contributed by atoms with Gasteiger partial charge in [-0.1, -0.05) is 47.1 Å². The van der Waals surface area contributed by atoms with Crippen LogP contribution in [-0.4, -0.2) is 19.7 Å². The van der Waals surface area contributed by atoms with E-state index >= 15 is 0 Å². The van der Waals surface area contributed by atoms with Crippen molar-refractivity contribution in [3.8, 4) is 11.4 Å². The highest BCUT2D eigenvalue weighted by Gasteiger charge is 2.16. The van der Waals surface area contributed by atoms with E-state index in [-0.39, 0.29) is 5.69 Å². The Kier molecular flexibility index (Phi) is 6.15. The number of nitro groups is 1. The van der Waals surface area contributed by atoms with Gasteiger partial charge >= 0.3 is 0 Å². The van der Waals surface area contributed by atoms with E-state index in [1.807, 2.05) is 4.57 Å². The third kappa shape index (κ3) is 4.32. The fraction of sp³-hybridized carbons (Fsp3) is 0.111. The highest BCUT2D eigenvalue weighted by molar-refractivity contribution is 7.98. The van der Waals surface area contributed by atoms with E-state index in [0.717, 1.165) is 11.1 Å². The number of nitrogens with zero attached hydrogens (tertiary/aromatic N) is 4. The molecule has 138 valence electrons. The molecule has 0 radical (unpaired) electrons. The zero-order valence-corrected chi connectivity index (χ0v) is 16.3. The number of aromatic nitrogens is 3. The van der Waals surface area contributed by atoms with Crippen molar-refractivity contribution in [3.63, 3.8) is 0 Å². The number of rotatable bonds is 7. The zero-order valence-electron chi connectivity index (χ0n) is 14.0. The van der Waals surface area contributed by atoms with Crippen LogP contribution in [0.15, 0.2) is 60.3 Å². The van der Waals surface area contributed by atoms with Gasteiger partial charge in [0.15, 0.2) is 11.0 Å². The maximum Gasteiger partial charge on any atom is 0.269 e. The smallest absolute Gasteiger partial charge is 0.269 e. The lowest BCUT2D eigenvalue weighted by Gasteiger charge is -2.09. The van der Waals surface area contributed by atoms with Crippen LogP contribution in [0.25, 0.3) is 11.4 Å². The Morgan fingerprint density at radius 2 is 1.81 bits per heavy atom. The normalized spacial score (nSPS) is 10.7. The van der Waals surface area contributed by atoms with Crippen molar-refractivity contribution >= 4 is 40.7 Å². The minimum Gasteiger partial charge on any atom is -0.298 e. The molecule has 1 aromatic heterocycles. The lowest BCUT2D eigenvalue weighted by Crippen LogP contribution is -2.01. The standard InChI is InChI=1S/C18H14Cl2N4O2S/c1-2-10-23-17(12-6-8-13(9-7-12)24(25)26)21-22-18(23)27-11-14-15(19)4-3-5-16(14)20/h2-9H,1,10-11H2. The van der Waals surface area contributed by atoms with Gasteiger partial charge in [-0.3, -0.25) is 14.7 Å². The SMILES string of the molecule is C=CCn1c(SCc2c(Cl)cccc2Cl)nnc1-c1ccc([N+](=O)[O-])cc1. The van der Waals surface area contributed by atoms with Crippen molar-refractivity contribution < 1.29 is 4.92 Å². The first kappa shape index (κ1) is 19.4. The van der Waals surface area contributed by atoms with Gasteiger partial charge in [-0.15, -0.1) is 16.8 Å². The zero-order chi connectivity index (χ0) is 19.4. The average molecular weight is 421 g/mol. The summed E-state index contributed by atoms with van der Waals surface area (Å²) in [5.74, 6) is 1.14. The van der Waals surface area contributed by atoms with Gasteiger partial charge in [-0.25, -0.2) is 0 Å². The second-order valence-electron chi connectivity index (χ2n) is 5.50. The van der Waals surface area contributed by atoms with Gasteiger partial charge < -0.3 is 0 Å². The number of thioether (sulfide) groups is 1. The van der Waals surface area contributed by atoms with Crippen molar-refractivity contribution in [2.24, 2.45) is 0 Å². The molecule has 0 bridgehead atoms. The van der Waals surface area contributed by atoms with Crippen molar-refractivity contribution in [3.05, 3.63) is 80.8 Å². The Morgan fingerprint density at radius 1 is 1.15 bits per heavy atom. The van der Waals surface area contributed by atoms with Gasteiger partial charge in [-0.05, 0) is 29.8 Å². The van der Waals surface area contributed by atoms with Crippen molar-refractivity contribution in [2.75, 3.05) is 0 Å². The summed E-state index contributed by atoms with van der Waals surface area (Å²) in [5, 5.41) is 21.2. The topological polar surface area (TPSA) is 73.8 Å². The predicted molar refractivity (Wildman–Crippen MR) is 108 cm³/mol. The molecule has 1 heterocycles. The van der Waals surface area contributed by atoms with E-state index in [1.54, 1.807) is 36.4 Å². The van der Waals surface area contributed by atoms with Crippen LogP contribution in [0.5, 0.6) is 0 Å². The fourth-order valence-corrected chi connectivity index (χ4v) is 4.13. The minimum absolute atomic E-state index is 0.0245. The third-order valence-electron chi connectivity index (χ3n) is 3.77. The summed E-state index contributed by atoms with van der Waals surface area (Å²) in [6.45, 7) is 4.28. The van der Waals surface area contributed by atoms with Gasteiger partial charge in [0.05, 0.1) is 4.92 Å². The molecule has 0 aliphatic heterocycles. The summed E-state index contributed by atoms with van der Waals surface area (Å²) in [6, 6.07) is 11.6. The fourth-order valence-electron chi connectivity index (χ4n) is 2.44. The van der Waals surface area contributed by atoms with Crippen LogP contribution in [0.4, 0.5) is 5.69 Å². The molecule has 3 aromatic rings. The van der Waals surface area contributed by atoms with Gasteiger partial charge in [0.2, 0.25) is 0 Å². The summed E-state index contributed by atoms with van der Waals surface area (Å²) >= 11 is 13.9. The molecule has 0 spiro atoms. The van der Waals surface area contributed by atoms with Gasteiger partial charge in [0.1, 0.15) is 0 Å². The molecule has 0 amide bonds. The first-order chi connectivity index (χ1) is 13.0.